The Labute approximate surface area is 123 Å². The highest BCUT2D eigenvalue weighted by Crippen LogP contribution is 2.24. The van der Waals surface area contributed by atoms with Crippen LogP contribution in [0.4, 0.5) is 13.2 Å². The zero-order valence-corrected chi connectivity index (χ0v) is 12.0. The molecule has 120 valence electrons. The van der Waals surface area contributed by atoms with Crippen LogP contribution in [-0.2, 0) is 14.4 Å². The molecule has 1 fully saturated rings. The average Bonchev–Trinajstić information content (AvgIpc) is 2.84. The van der Waals surface area contributed by atoms with Crippen molar-refractivity contribution in [1.82, 2.24) is 10.2 Å². The van der Waals surface area contributed by atoms with Gasteiger partial charge < -0.3 is 15.3 Å². The largest absolute Gasteiger partial charge is 0.480 e. The normalized spacial score (nSPS) is 20.2. The number of hydrogen-bond donors (Lipinski definition) is 2. The topological polar surface area (TPSA) is 86.7 Å². The van der Waals surface area contributed by atoms with Gasteiger partial charge in [0.15, 0.2) is 0 Å². The molecule has 0 aliphatic carbocycles. The van der Waals surface area contributed by atoms with Crippen LogP contribution in [-0.4, -0.2) is 57.7 Å². The summed E-state index contributed by atoms with van der Waals surface area (Å²) in [6.07, 6.45) is -6.20. The van der Waals surface area contributed by atoms with E-state index in [9.17, 15) is 27.6 Å². The first kappa shape index (κ1) is 17.6. The van der Waals surface area contributed by atoms with Gasteiger partial charge >= 0.3 is 12.1 Å². The number of thioether (sulfide) groups is 1. The summed E-state index contributed by atoms with van der Waals surface area (Å²) >= 11 is 1.29. The lowest BCUT2D eigenvalue weighted by Gasteiger charge is -2.24. The predicted octanol–water partition coefficient (Wildman–Crippen LogP) is 0.820. The van der Waals surface area contributed by atoms with Crippen molar-refractivity contribution < 1.29 is 32.7 Å². The molecule has 0 radical (unpaired) electrons. The van der Waals surface area contributed by atoms with Crippen molar-refractivity contribution in [3.63, 3.8) is 0 Å². The van der Waals surface area contributed by atoms with E-state index in [1.165, 1.54) is 16.7 Å². The van der Waals surface area contributed by atoms with Crippen LogP contribution >= 0.6 is 11.8 Å². The first-order valence-electron chi connectivity index (χ1n) is 6.13. The number of nitrogens with zero attached hydrogens (tertiary/aromatic N) is 1. The summed E-state index contributed by atoms with van der Waals surface area (Å²) in [5, 5.41) is 10.6. The number of aliphatic carboxylic acids is 1. The number of carbonyl (C=O) groups is 3. The first-order chi connectivity index (χ1) is 9.65. The Morgan fingerprint density at radius 1 is 1.43 bits per heavy atom. The summed E-state index contributed by atoms with van der Waals surface area (Å²) in [6.45, 7) is 1.60. The maximum absolute atomic E-state index is 12.3. The molecule has 2 unspecified atom stereocenters. The third kappa shape index (κ3) is 5.10. The van der Waals surface area contributed by atoms with Gasteiger partial charge in [-0.3, -0.25) is 9.59 Å². The Bertz CT molecular complexity index is 430. The first-order valence-corrected chi connectivity index (χ1v) is 7.28. The van der Waals surface area contributed by atoms with Crippen molar-refractivity contribution >= 4 is 29.5 Å². The molecule has 2 atom stereocenters. The number of halogens is 3. The molecule has 1 heterocycles. The molecule has 1 aliphatic heterocycles. The predicted molar refractivity (Wildman–Crippen MR) is 68.5 cm³/mol. The molecule has 2 amide bonds. The molecule has 0 aromatic heterocycles. The standard InChI is InChI=1S/C11H15F3N2O4S/c1-2-8(17)16-5-21-4-7(16)9(18)15-6(10(19)20)3-11(12,13)14/h6-7H,2-5H2,1H3,(H,15,18)(H,19,20). The molecular formula is C11H15F3N2O4S. The lowest BCUT2D eigenvalue weighted by Crippen LogP contribution is -2.52. The van der Waals surface area contributed by atoms with Crippen LogP contribution in [0.3, 0.4) is 0 Å². The number of hydrogen-bond acceptors (Lipinski definition) is 4. The second-order valence-corrected chi connectivity index (χ2v) is 5.45. The lowest BCUT2D eigenvalue weighted by molar-refractivity contribution is -0.160. The van der Waals surface area contributed by atoms with E-state index in [4.69, 9.17) is 5.11 Å². The molecule has 0 aromatic rings. The summed E-state index contributed by atoms with van der Waals surface area (Å²) in [4.78, 5) is 35.6. The lowest BCUT2D eigenvalue weighted by atomic mass is 10.1. The minimum atomic E-state index is -4.71. The molecule has 6 nitrogen and oxygen atoms in total. The summed E-state index contributed by atoms with van der Waals surface area (Å²) in [5.74, 6) is -2.45. The van der Waals surface area contributed by atoms with Crippen LogP contribution in [0.1, 0.15) is 19.8 Å². The van der Waals surface area contributed by atoms with Gasteiger partial charge in [-0.25, -0.2) is 4.79 Å². The van der Waals surface area contributed by atoms with Gasteiger partial charge in [-0.2, -0.15) is 13.2 Å². The molecule has 1 saturated heterocycles. The van der Waals surface area contributed by atoms with E-state index in [0.29, 0.717) is 0 Å². The van der Waals surface area contributed by atoms with E-state index in [2.05, 4.69) is 0 Å². The van der Waals surface area contributed by atoms with Crippen molar-refractivity contribution in [2.45, 2.75) is 38.0 Å². The molecule has 0 saturated carbocycles. The number of carboxylic acids is 1. The van der Waals surface area contributed by atoms with E-state index < -0.39 is 36.6 Å². The second kappa shape index (κ2) is 7.01. The monoisotopic (exact) mass is 328 g/mol. The minimum Gasteiger partial charge on any atom is -0.480 e. The van der Waals surface area contributed by atoms with E-state index in [0.717, 1.165) is 0 Å². The quantitative estimate of drug-likeness (QED) is 0.780. The summed E-state index contributed by atoms with van der Waals surface area (Å²) in [7, 11) is 0. The Balaban J connectivity index is 2.73. The summed E-state index contributed by atoms with van der Waals surface area (Å²) < 4.78 is 36.8. The van der Waals surface area contributed by atoms with Gasteiger partial charge in [0, 0.05) is 12.2 Å². The van der Waals surface area contributed by atoms with Crippen LogP contribution < -0.4 is 5.32 Å². The number of alkyl halides is 3. The van der Waals surface area contributed by atoms with Crippen LogP contribution in [0, 0.1) is 0 Å². The number of rotatable bonds is 5. The van der Waals surface area contributed by atoms with Crippen molar-refractivity contribution in [3.8, 4) is 0 Å². The van der Waals surface area contributed by atoms with Gasteiger partial charge in [0.2, 0.25) is 11.8 Å². The number of amides is 2. The van der Waals surface area contributed by atoms with Gasteiger partial charge in [0.1, 0.15) is 12.1 Å². The zero-order chi connectivity index (χ0) is 16.2. The van der Waals surface area contributed by atoms with E-state index in [1.807, 2.05) is 5.32 Å². The molecule has 1 rings (SSSR count). The number of carbonyl (C=O) groups excluding carboxylic acids is 2. The minimum absolute atomic E-state index is 0.162. The van der Waals surface area contributed by atoms with Crippen LogP contribution in [0.2, 0.25) is 0 Å². The highest BCUT2D eigenvalue weighted by molar-refractivity contribution is 7.99. The molecular weight excluding hydrogens is 313 g/mol. The van der Waals surface area contributed by atoms with Gasteiger partial charge in [-0.05, 0) is 0 Å². The number of nitrogens with one attached hydrogen (secondary N) is 1. The molecule has 21 heavy (non-hydrogen) atoms. The van der Waals surface area contributed by atoms with Crippen molar-refractivity contribution in [2.75, 3.05) is 11.6 Å². The summed E-state index contributed by atoms with van der Waals surface area (Å²) in [6, 6.07) is -2.99. The zero-order valence-electron chi connectivity index (χ0n) is 11.1. The fourth-order valence-corrected chi connectivity index (χ4v) is 2.99. The van der Waals surface area contributed by atoms with E-state index in [1.54, 1.807) is 6.92 Å². The van der Waals surface area contributed by atoms with Crippen molar-refractivity contribution in [1.29, 1.82) is 0 Å². The van der Waals surface area contributed by atoms with E-state index in [-0.39, 0.29) is 24.0 Å². The van der Waals surface area contributed by atoms with Crippen molar-refractivity contribution in [3.05, 3.63) is 0 Å². The third-order valence-corrected chi connectivity index (χ3v) is 3.87. The second-order valence-electron chi connectivity index (χ2n) is 4.45. The Hall–Kier alpha value is -1.45. The van der Waals surface area contributed by atoms with Crippen LogP contribution in [0.25, 0.3) is 0 Å². The molecule has 10 heteroatoms. The highest BCUT2D eigenvalue weighted by atomic mass is 32.2. The molecule has 0 spiro atoms. The number of carboxylic acid groups (broad SMARTS) is 1. The smallest absolute Gasteiger partial charge is 0.391 e. The van der Waals surface area contributed by atoms with Gasteiger partial charge in [0.25, 0.3) is 0 Å². The Morgan fingerprint density at radius 3 is 2.52 bits per heavy atom. The maximum Gasteiger partial charge on any atom is 0.391 e. The van der Waals surface area contributed by atoms with Crippen molar-refractivity contribution in [2.24, 2.45) is 0 Å². The summed E-state index contributed by atoms with van der Waals surface area (Å²) in [5.41, 5.74) is 0. The van der Waals surface area contributed by atoms with E-state index >= 15 is 0 Å². The Morgan fingerprint density at radius 2 is 2.05 bits per heavy atom. The Kier molecular flexibility index (Phi) is 5.87. The fraction of sp³-hybridized carbons (Fsp3) is 0.727. The molecule has 0 aromatic carbocycles. The van der Waals surface area contributed by atoms with Gasteiger partial charge in [-0.1, -0.05) is 6.92 Å². The SMILES string of the molecule is CCC(=O)N1CSCC1C(=O)NC(CC(F)(F)F)C(=O)O. The van der Waals surface area contributed by atoms with Crippen LogP contribution in [0.5, 0.6) is 0 Å². The molecule has 2 N–H and O–H groups in total. The van der Waals surface area contributed by atoms with Gasteiger partial charge in [0.05, 0.1) is 12.3 Å². The maximum atomic E-state index is 12.3. The van der Waals surface area contributed by atoms with Crippen LogP contribution in [0.15, 0.2) is 0 Å². The van der Waals surface area contributed by atoms with Gasteiger partial charge in [-0.15, -0.1) is 11.8 Å². The third-order valence-electron chi connectivity index (χ3n) is 2.86. The molecule has 0 bridgehead atoms. The average molecular weight is 328 g/mol. The highest BCUT2D eigenvalue weighted by Gasteiger charge is 2.39. The fourth-order valence-electron chi connectivity index (χ4n) is 1.81. The molecule has 1 aliphatic rings.